The fraction of sp³-hybridized carbons (Fsp3) is 0.273. The molecule has 12 heavy (non-hydrogen) atoms. The van der Waals surface area contributed by atoms with Crippen LogP contribution in [0.2, 0.25) is 0 Å². The van der Waals surface area contributed by atoms with Crippen molar-refractivity contribution in [1.29, 1.82) is 0 Å². The average molecular weight is 160 g/mol. The van der Waals surface area contributed by atoms with Gasteiger partial charge in [0, 0.05) is 11.5 Å². The van der Waals surface area contributed by atoms with Crippen LogP contribution >= 0.6 is 0 Å². The lowest BCUT2D eigenvalue weighted by atomic mass is 10.1. The Labute approximate surface area is 72.4 Å². The summed E-state index contributed by atoms with van der Waals surface area (Å²) in [5.74, 6) is 1.46. The van der Waals surface area contributed by atoms with Crippen molar-refractivity contribution in [3.63, 3.8) is 0 Å². The van der Waals surface area contributed by atoms with Crippen LogP contribution in [0.15, 0.2) is 34.5 Å². The van der Waals surface area contributed by atoms with E-state index in [1.165, 1.54) is 11.1 Å². The van der Waals surface area contributed by atoms with Crippen LogP contribution in [-0.4, -0.2) is 0 Å². The van der Waals surface area contributed by atoms with Crippen molar-refractivity contribution in [2.45, 2.75) is 19.8 Å². The number of furan rings is 1. The van der Waals surface area contributed by atoms with Gasteiger partial charge in [0.1, 0.15) is 5.76 Å². The summed E-state index contributed by atoms with van der Waals surface area (Å²) in [5.41, 5.74) is 2.49. The number of rotatable bonds is 0. The fourth-order valence-electron chi connectivity index (χ4n) is 1.50. The van der Waals surface area contributed by atoms with Crippen LogP contribution < -0.4 is 0 Å². The SMILES string of the molecule is CC1=Cc2ccoc2C(C)C=C1. The molecule has 0 aromatic carbocycles. The summed E-state index contributed by atoms with van der Waals surface area (Å²) in [4.78, 5) is 0. The summed E-state index contributed by atoms with van der Waals surface area (Å²) >= 11 is 0. The van der Waals surface area contributed by atoms with Gasteiger partial charge >= 0.3 is 0 Å². The van der Waals surface area contributed by atoms with Gasteiger partial charge < -0.3 is 4.42 Å². The topological polar surface area (TPSA) is 13.1 Å². The van der Waals surface area contributed by atoms with Crippen molar-refractivity contribution in [3.05, 3.63) is 41.4 Å². The van der Waals surface area contributed by atoms with E-state index in [0.29, 0.717) is 5.92 Å². The Morgan fingerprint density at radius 2 is 2.25 bits per heavy atom. The molecule has 1 aliphatic carbocycles. The molecule has 1 aliphatic rings. The first-order valence-corrected chi connectivity index (χ1v) is 4.21. The molecule has 0 N–H and O–H groups in total. The predicted octanol–water partition coefficient (Wildman–Crippen LogP) is 3.36. The summed E-state index contributed by atoms with van der Waals surface area (Å²) in [6, 6.07) is 2.02. The van der Waals surface area contributed by atoms with Crippen LogP contribution in [0.5, 0.6) is 0 Å². The molecule has 1 unspecified atom stereocenters. The first kappa shape index (κ1) is 7.41. The molecule has 1 nitrogen and oxygen atoms in total. The summed E-state index contributed by atoms with van der Waals surface area (Å²) < 4.78 is 5.40. The lowest BCUT2D eigenvalue weighted by molar-refractivity contribution is 0.499. The fourth-order valence-corrected chi connectivity index (χ4v) is 1.50. The zero-order valence-corrected chi connectivity index (χ0v) is 7.37. The van der Waals surface area contributed by atoms with Crippen molar-refractivity contribution in [2.24, 2.45) is 0 Å². The van der Waals surface area contributed by atoms with Gasteiger partial charge in [-0.05, 0) is 19.1 Å². The van der Waals surface area contributed by atoms with E-state index in [4.69, 9.17) is 4.42 Å². The van der Waals surface area contributed by atoms with Crippen molar-refractivity contribution in [2.75, 3.05) is 0 Å². The van der Waals surface area contributed by atoms with Gasteiger partial charge in [-0.1, -0.05) is 24.6 Å². The third kappa shape index (κ3) is 1.11. The average Bonchev–Trinajstić information content (AvgIpc) is 2.44. The Balaban J connectivity index is 2.55. The van der Waals surface area contributed by atoms with Crippen LogP contribution in [0.1, 0.15) is 31.1 Å². The van der Waals surface area contributed by atoms with Gasteiger partial charge in [-0.3, -0.25) is 0 Å². The van der Waals surface area contributed by atoms with E-state index in [1.54, 1.807) is 6.26 Å². The molecule has 0 radical (unpaired) electrons. The lowest BCUT2D eigenvalue weighted by Gasteiger charge is -2.00. The Morgan fingerprint density at radius 1 is 1.42 bits per heavy atom. The van der Waals surface area contributed by atoms with Gasteiger partial charge in [0.05, 0.1) is 6.26 Å². The van der Waals surface area contributed by atoms with E-state index < -0.39 is 0 Å². The minimum Gasteiger partial charge on any atom is -0.468 e. The van der Waals surface area contributed by atoms with Crippen LogP contribution in [0.25, 0.3) is 6.08 Å². The monoisotopic (exact) mass is 160 g/mol. The van der Waals surface area contributed by atoms with Gasteiger partial charge in [-0.2, -0.15) is 0 Å². The Bertz CT molecular complexity index is 342. The summed E-state index contributed by atoms with van der Waals surface area (Å²) in [6.07, 6.45) is 8.21. The van der Waals surface area contributed by atoms with Gasteiger partial charge in [0.15, 0.2) is 0 Å². The van der Waals surface area contributed by atoms with Gasteiger partial charge in [0.25, 0.3) is 0 Å². The molecule has 0 aliphatic heterocycles. The van der Waals surface area contributed by atoms with Crippen LogP contribution in [0.3, 0.4) is 0 Å². The molecule has 0 spiro atoms. The van der Waals surface area contributed by atoms with Crippen molar-refractivity contribution in [1.82, 2.24) is 0 Å². The molecular formula is C11H12O. The first-order chi connectivity index (χ1) is 5.77. The molecule has 1 atom stereocenters. The zero-order valence-electron chi connectivity index (χ0n) is 7.37. The smallest absolute Gasteiger partial charge is 0.117 e. The number of hydrogen-bond donors (Lipinski definition) is 0. The maximum absolute atomic E-state index is 5.40. The molecule has 0 fully saturated rings. The minimum atomic E-state index is 0.392. The maximum Gasteiger partial charge on any atom is 0.117 e. The third-order valence-electron chi connectivity index (χ3n) is 2.17. The van der Waals surface area contributed by atoms with Crippen molar-refractivity contribution >= 4 is 6.08 Å². The second-order valence-electron chi connectivity index (χ2n) is 3.28. The minimum absolute atomic E-state index is 0.392. The van der Waals surface area contributed by atoms with Crippen LogP contribution in [-0.2, 0) is 0 Å². The van der Waals surface area contributed by atoms with E-state index in [9.17, 15) is 0 Å². The first-order valence-electron chi connectivity index (χ1n) is 4.21. The predicted molar refractivity (Wildman–Crippen MR) is 49.9 cm³/mol. The molecule has 1 aromatic rings. The Morgan fingerprint density at radius 3 is 3.08 bits per heavy atom. The number of fused-ring (bicyclic) bond motifs is 1. The maximum atomic E-state index is 5.40. The van der Waals surface area contributed by atoms with Crippen molar-refractivity contribution < 1.29 is 4.42 Å². The normalized spacial score (nSPS) is 21.5. The van der Waals surface area contributed by atoms with E-state index >= 15 is 0 Å². The number of hydrogen-bond acceptors (Lipinski definition) is 1. The van der Waals surface area contributed by atoms with Gasteiger partial charge in [-0.25, -0.2) is 0 Å². The van der Waals surface area contributed by atoms with E-state index in [-0.39, 0.29) is 0 Å². The Hall–Kier alpha value is -1.24. The lowest BCUT2D eigenvalue weighted by Crippen LogP contribution is -1.86. The molecular weight excluding hydrogens is 148 g/mol. The second kappa shape index (κ2) is 2.67. The molecule has 1 aromatic heterocycles. The highest BCUT2D eigenvalue weighted by Gasteiger charge is 2.12. The highest BCUT2D eigenvalue weighted by atomic mass is 16.3. The molecule has 0 bridgehead atoms. The van der Waals surface area contributed by atoms with Crippen LogP contribution in [0.4, 0.5) is 0 Å². The molecule has 62 valence electrons. The third-order valence-corrected chi connectivity index (χ3v) is 2.17. The molecule has 0 saturated carbocycles. The Kier molecular flexibility index (Phi) is 1.65. The second-order valence-corrected chi connectivity index (χ2v) is 3.28. The highest BCUT2D eigenvalue weighted by molar-refractivity contribution is 5.59. The molecule has 0 saturated heterocycles. The zero-order chi connectivity index (χ0) is 8.55. The molecule has 2 rings (SSSR count). The summed E-state index contributed by atoms with van der Waals surface area (Å²) in [7, 11) is 0. The van der Waals surface area contributed by atoms with Crippen LogP contribution in [0, 0.1) is 0 Å². The highest BCUT2D eigenvalue weighted by Crippen LogP contribution is 2.27. The summed E-state index contributed by atoms with van der Waals surface area (Å²) in [6.45, 7) is 4.25. The molecule has 1 heteroatoms. The number of allylic oxidation sites excluding steroid dienone is 3. The summed E-state index contributed by atoms with van der Waals surface area (Å²) in [5, 5.41) is 0. The molecule has 1 heterocycles. The van der Waals surface area contributed by atoms with Gasteiger partial charge in [-0.15, -0.1) is 0 Å². The van der Waals surface area contributed by atoms with E-state index in [2.05, 4.69) is 32.1 Å². The quantitative estimate of drug-likeness (QED) is 0.567. The molecule has 0 amide bonds. The van der Waals surface area contributed by atoms with E-state index in [1.807, 2.05) is 6.07 Å². The van der Waals surface area contributed by atoms with Gasteiger partial charge in [0.2, 0.25) is 0 Å². The van der Waals surface area contributed by atoms with E-state index in [0.717, 1.165) is 5.76 Å². The van der Waals surface area contributed by atoms with Crippen molar-refractivity contribution in [3.8, 4) is 0 Å². The largest absolute Gasteiger partial charge is 0.468 e. The standard InChI is InChI=1S/C11H12O/c1-8-3-4-9(2)11-10(7-8)5-6-12-11/h3-7,9H,1-2H3.